The zero-order valence-corrected chi connectivity index (χ0v) is 17.4. The van der Waals surface area contributed by atoms with Crippen LogP contribution >= 0.6 is 11.3 Å². The highest BCUT2D eigenvalue weighted by Gasteiger charge is 2.24. The van der Waals surface area contributed by atoms with Crippen LogP contribution in [0.4, 0.5) is 21.5 Å². The number of fused-ring (bicyclic) bond motifs is 1. The second kappa shape index (κ2) is 8.67. The van der Waals surface area contributed by atoms with E-state index in [0.717, 1.165) is 24.0 Å². The van der Waals surface area contributed by atoms with E-state index in [-0.39, 0.29) is 24.2 Å². The zero-order valence-electron chi connectivity index (χ0n) is 16.6. The molecule has 2 heterocycles. The van der Waals surface area contributed by atoms with Gasteiger partial charge >= 0.3 is 0 Å². The van der Waals surface area contributed by atoms with Gasteiger partial charge in [-0.05, 0) is 72.7 Å². The summed E-state index contributed by atoms with van der Waals surface area (Å²) < 4.78 is 14.4. The molecule has 2 aromatic carbocycles. The fourth-order valence-corrected chi connectivity index (χ4v) is 4.31. The SMILES string of the molecule is Cc1ccc(F)c2c1CCCN2CC(=O)Nc1ccc(NC(=O)c2cccs2)cc1. The Morgan fingerprint density at radius 1 is 1.07 bits per heavy atom. The van der Waals surface area contributed by atoms with Crippen LogP contribution in [0.25, 0.3) is 0 Å². The number of nitrogens with zero attached hydrogens (tertiary/aromatic N) is 1. The molecule has 3 aromatic rings. The fraction of sp³-hybridized carbons (Fsp3) is 0.217. The third-order valence-corrected chi connectivity index (χ3v) is 6.01. The molecule has 0 saturated heterocycles. The molecule has 30 heavy (non-hydrogen) atoms. The quantitative estimate of drug-likeness (QED) is 0.617. The molecule has 0 fully saturated rings. The third kappa shape index (κ3) is 4.36. The van der Waals surface area contributed by atoms with Crippen molar-refractivity contribution in [2.45, 2.75) is 19.8 Å². The minimum atomic E-state index is -0.283. The molecule has 5 nitrogen and oxygen atoms in total. The topological polar surface area (TPSA) is 61.4 Å². The lowest BCUT2D eigenvalue weighted by molar-refractivity contribution is -0.115. The van der Waals surface area contributed by atoms with Crippen LogP contribution in [0.15, 0.2) is 53.9 Å². The van der Waals surface area contributed by atoms with Crippen molar-refractivity contribution in [3.05, 3.63) is 75.7 Å². The molecule has 7 heteroatoms. The molecule has 2 N–H and O–H groups in total. The maximum atomic E-state index is 14.4. The van der Waals surface area contributed by atoms with Gasteiger partial charge in [0.15, 0.2) is 0 Å². The molecular weight excluding hydrogens is 401 g/mol. The number of aryl methyl sites for hydroxylation is 1. The van der Waals surface area contributed by atoms with Gasteiger partial charge < -0.3 is 15.5 Å². The molecule has 0 atom stereocenters. The third-order valence-electron chi connectivity index (χ3n) is 5.14. The highest BCUT2D eigenvalue weighted by atomic mass is 32.1. The van der Waals surface area contributed by atoms with Crippen molar-refractivity contribution in [2.75, 3.05) is 28.6 Å². The Balaban J connectivity index is 1.38. The molecule has 0 radical (unpaired) electrons. The summed E-state index contributed by atoms with van der Waals surface area (Å²) in [4.78, 5) is 27.1. The number of nitrogens with one attached hydrogen (secondary N) is 2. The molecule has 0 spiro atoms. The van der Waals surface area contributed by atoms with Gasteiger partial charge in [0, 0.05) is 17.9 Å². The average Bonchev–Trinajstić information content (AvgIpc) is 3.27. The second-order valence-corrected chi connectivity index (χ2v) is 8.22. The molecule has 0 unspecified atom stereocenters. The normalized spacial score (nSPS) is 12.9. The number of carbonyl (C=O) groups is 2. The number of hydrogen-bond donors (Lipinski definition) is 2. The van der Waals surface area contributed by atoms with Gasteiger partial charge in [-0.25, -0.2) is 4.39 Å². The summed E-state index contributed by atoms with van der Waals surface area (Å²) in [7, 11) is 0. The lowest BCUT2D eigenvalue weighted by Gasteiger charge is -2.32. The lowest BCUT2D eigenvalue weighted by Crippen LogP contribution is -2.37. The molecule has 0 bridgehead atoms. The minimum Gasteiger partial charge on any atom is -0.360 e. The van der Waals surface area contributed by atoms with E-state index in [9.17, 15) is 14.0 Å². The van der Waals surface area contributed by atoms with Crippen LogP contribution in [-0.4, -0.2) is 24.9 Å². The number of thiophene rings is 1. The molecule has 0 aliphatic carbocycles. The van der Waals surface area contributed by atoms with Crippen molar-refractivity contribution in [3.63, 3.8) is 0 Å². The summed E-state index contributed by atoms with van der Waals surface area (Å²) in [6.45, 7) is 2.71. The van der Waals surface area contributed by atoms with E-state index in [1.165, 1.54) is 17.4 Å². The Hall–Kier alpha value is -3.19. The molecule has 2 amide bonds. The predicted molar refractivity (Wildman–Crippen MR) is 119 cm³/mol. The van der Waals surface area contributed by atoms with Gasteiger partial charge in [0.2, 0.25) is 5.91 Å². The van der Waals surface area contributed by atoms with Crippen molar-refractivity contribution >= 4 is 40.2 Å². The van der Waals surface area contributed by atoms with E-state index in [0.29, 0.717) is 28.5 Å². The summed E-state index contributed by atoms with van der Waals surface area (Å²) in [6.07, 6.45) is 1.72. The highest BCUT2D eigenvalue weighted by molar-refractivity contribution is 7.12. The molecule has 4 rings (SSSR count). The first kappa shape index (κ1) is 20.1. The maximum Gasteiger partial charge on any atom is 0.265 e. The van der Waals surface area contributed by atoms with Crippen LogP contribution in [0, 0.1) is 12.7 Å². The Morgan fingerprint density at radius 3 is 2.50 bits per heavy atom. The largest absolute Gasteiger partial charge is 0.360 e. The first-order valence-electron chi connectivity index (χ1n) is 9.79. The lowest BCUT2D eigenvalue weighted by atomic mass is 9.96. The van der Waals surface area contributed by atoms with E-state index in [4.69, 9.17) is 0 Å². The zero-order chi connectivity index (χ0) is 21.1. The van der Waals surface area contributed by atoms with Crippen molar-refractivity contribution in [2.24, 2.45) is 0 Å². The van der Waals surface area contributed by atoms with E-state index in [2.05, 4.69) is 10.6 Å². The Morgan fingerprint density at radius 2 is 1.80 bits per heavy atom. The van der Waals surface area contributed by atoms with Gasteiger partial charge in [0.1, 0.15) is 5.82 Å². The standard InChI is InChI=1S/C23H22FN3O2S/c1-15-6-11-19(24)22-18(15)4-2-12-27(22)14-21(28)25-16-7-9-17(10-8-16)26-23(29)20-5-3-13-30-20/h3,5-11,13H,2,4,12,14H2,1H3,(H,25,28)(H,26,29). The van der Waals surface area contributed by atoms with Gasteiger partial charge in [0.25, 0.3) is 5.91 Å². The van der Waals surface area contributed by atoms with Crippen LogP contribution in [0.5, 0.6) is 0 Å². The first-order chi connectivity index (χ1) is 14.5. The van der Waals surface area contributed by atoms with E-state index in [1.54, 1.807) is 36.4 Å². The van der Waals surface area contributed by atoms with E-state index < -0.39 is 0 Å². The molecule has 1 aliphatic rings. The number of anilines is 3. The monoisotopic (exact) mass is 423 g/mol. The first-order valence-corrected chi connectivity index (χ1v) is 10.7. The molecule has 154 valence electrons. The summed E-state index contributed by atoms with van der Waals surface area (Å²) in [5.41, 5.74) is 3.85. The second-order valence-electron chi connectivity index (χ2n) is 7.27. The van der Waals surface area contributed by atoms with Crippen LogP contribution < -0.4 is 15.5 Å². The smallest absolute Gasteiger partial charge is 0.265 e. The van der Waals surface area contributed by atoms with Crippen molar-refractivity contribution in [1.29, 1.82) is 0 Å². The molecule has 0 saturated carbocycles. The highest BCUT2D eigenvalue weighted by Crippen LogP contribution is 2.32. The van der Waals surface area contributed by atoms with Gasteiger partial charge in [-0.15, -0.1) is 11.3 Å². The van der Waals surface area contributed by atoms with Crippen LogP contribution in [0.3, 0.4) is 0 Å². The summed E-state index contributed by atoms with van der Waals surface area (Å²) >= 11 is 1.37. The molecule has 1 aliphatic heterocycles. The number of amides is 2. The Bertz CT molecular complexity index is 1060. The number of hydrogen-bond acceptors (Lipinski definition) is 4. The average molecular weight is 424 g/mol. The Kier molecular flexibility index (Phi) is 5.81. The number of rotatable bonds is 5. The van der Waals surface area contributed by atoms with Crippen molar-refractivity contribution < 1.29 is 14.0 Å². The number of halogens is 1. The molecule has 1 aromatic heterocycles. The fourth-order valence-electron chi connectivity index (χ4n) is 3.69. The number of carbonyl (C=O) groups excluding carboxylic acids is 2. The number of benzene rings is 2. The van der Waals surface area contributed by atoms with Crippen molar-refractivity contribution in [3.8, 4) is 0 Å². The van der Waals surface area contributed by atoms with Crippen LogP contribution in [0.2, 0.25) is 0 Å². The van der Waals surface area contributed by atoms with Crippen LogP contribution in [-0.2, 0) is 11.2 Å². The summed E-state index contributed by atoms with van der Waals surface area (Å²) in [5, 5.41) is 7.52. The van der Waals surface area contributed by atoms with Gasteiger partial charge in [-0.1, -0.05) is 12.1 Å². The van der Waals surface area contributed by atoms with Crippen LogP contribution in [0.1, 0.15) is 27.2 Å². The maximum absolute atomic E-state index is 14.4. The summed E-state index contributed by atoms with van der Waals surface area (Å²) in [5.74, 6) is -0.657. The summed E-state index contributed by atoms with van der Waals surface area (Å²) in [6, 6.07) is 13.8. The molecular formula is C23H22FN3O2S. The Labute approximate surface area is 178 Å². The van der Waals surface area contributed by atoms with E-state index >= 15 is 0 Å². The predicted octanol–water partition coefficient (Wildman–Crippen LogP) is 4.84. The van der Waals surface area contributed by atoms with Crippen molar-refractivity contribution in [1.82, 2.24) is 0 Å². The van der Waals surface area contributed by atoms with E-state index in [1.807, 2.05) is 23.3 Å². The van der Waals surface area contributed by atoms with Gasteiger partial charge in [-0.3, -0.25) is 9.59 Å². The van der Waals surface area contributed by atoms with Gasteiger partial charge in [0.05, 0.1) is 17.1 Å². The van der Waals surface area contributed by atoms with Gasteiger partial charge in [-0.2, -0.15) is 0 Å². The minimum absolute atomic E-state index is 0.0875.